The summed E-state index contributed by atoms with van der Waals surface area (Å²) < 4.78 is 5.79. The molecule has 0 atom stereocenters. The van der Waals surface area contributed by atoms with E-state index in [-0.39, 0.29) is 0 Å². The van der Waals surface area contributed by atoms with Crippen LogP contribution in [-0.4, -0.2) is 13.2 Å². The summed E-state index contributed by atoms with van der Waals surface area (Å²) >= 11 is 6.03. The molecule has 1 rings (SSSR count). The number of rotatable bonds is 9. The van der Waals surface area contributed by atoms with E-state index in [2.05, 4.69) is 19.2 Å². The zero-order valence-electron chi connectivity index (χ0n) is 11.5. The molecule has 0 aliphatic heterocycles. The minimum absolute atomic E-state index is 0.769. The van der Waals surface area contributed by atoms with E-state index in [0.29, 0.717) is 0 Å². The van der Waals surface area contributed by atoms with Crippen LogP contribution in [0.5, 0.6) is 5.75 Å². The second kappa shape index (κ2) is 9.23. The summed E-state index contributed by atoms with van der Waals surface area (Å²) in [6.45, 7) is 7.00. The van der Waals surface area contributed by atoms with Gasteiger partial charge in [0.15, 0.2) is 0 Å². The highest BCUT2D eigenvalue weighted by Gasteiger charge is 2.04. The molecule has 0 amide bonds. The Balaban J connectivity index is 2.53. The van der Waals surface area contributed by atoms with Crippen molar-refractivity contribution in [2.75, 3.05) is 13.2 Å². The Morgan fingerprint density at radius 3 is 2.67 bits per heavy atom. The minimum Gasteiger partial charge on any atom is -0.493 e. The van der Waals surface area contributed by atoms with E-state index in [0.717, 1.165) is 48.9 Å². The standard InChI is InChI=1S/C15H24ClNO/c1-3-5-9-17-12-13-11-14(16)7-8-15(13)18-10-6-4-2/h7-8,11,17H,3-6,9-10,12H2,1-2H3. The van der Waals surface area contributed by atoms with Crippen LogP contribution in [0.1, 0.15) is 45.1 Å². The summed E-state index contributed by atoms with van der Waals surface area (Å²) in [6.07, 6.45) is 4.65. The van der Waals surface area contributed by atoms with Crippen LogP contribution in [-0.2, 0) is 6.54 Å². The van der Waals surface area contributed by atoms with Crippen molar-refractivity contribution in [3.63, 3.8) is 0 Å². The predicted molar refractivity (Wildman–Crippen MR) is 78.5 cm³/mol. The number of hydrogen-bond acceptors (Lipinski definition) is 2. The number of unbranched alkanes of at least 4 members (excludes halogenated alkanes) is 2. The van der Waals surface area contributed by atoms with Gasteiger partial charge in [0.05, 0.1) is 6.61 Å². The van der Waals surface area contributed by atoms with Gasteiger partial charge in [-0.25, -0.2) is 0 Å². The lowest BCUT2D eigenvalue weighted by atomic mass is 10.2. The number of nitrogens with one attached hydrogen (secondary N) is 1. The lowest BCUT2D eigenvalue weighted by Crippen LogP contribution is -2.15. The molecule has 18 heavy (non-hydrogen) atoms. The maximum atomic E-state index is 6.03. The van der Waals surface area contributed by atoms with Gasteiger partial charge >= 0.3 is 0 Å². The number of hydrogen-bond donors (Lipinski definition) is 1. The maximum Gasteiger partial charge on any atom is 0.123 e. The van der Waals surface area contributed by atoms with E-state index in [9.17, 15) is 0 Å². The monoisotopic (exact) mass is 269 g/mol. The summed E-state index contributed by atoms with van der Waals surface area (Å²) in [4.78, 5) is 0. The average molecular weight is 270 g/mol. The minimum atomic E-state index is 0.769. The molecular formula is C15H24ClNO. The Labute approximate surface area is 116 Å². The molecule has 0 aliphatic rings. The van der Waals surface area contributed by atoms with Crippen LogP contribution in [0.4, 0.5) is 0 Å². The van der Waals surface area contributed by atoms with Crippen LogP contribution >= 0.6 is 11.6 Å². The molecule has 0 heterocycles. The first kappa shape index (κ1) is 15.3. The molecule has 1 aromatic rings. The molecule has 0 unspecified atom stereocenters. The van der Waals surface area contributed by atoms with E-state index in [1.54, 1.807) is 0 Å². The van der Waals surface area contributed by atoms with E-state index < -0.39 is 0 Å². The van der Waals surface area contributed by atoms with Crippen molar-refractivity contribution in [1.82, 2.24) is 5.32 Å². The smallest absolute Gasteiger partial charge is 0.123 e. The molecule has 0 bridgehead atoms. The van der Waals surface area contributed by atoms with Gasteiger partial charge in [0.1, 0.15) is 5.75 Å². The van der Waals surface area contributed by atoms with Crippen LogP contribution < -0.4 is 10.1 Å². The Morgan fingerprint density at radius 1 is 1.17 bits per heavy atom. The van der Waals surface area contributed by atoms with Crippen molar-refractivity contribution in [2.45, 2.75) is 46.1 Å². The fraction of sp³-hybridized carbons (Fsp3) is 0.600. The quantitative estimate of drug-likeness (QED) is 0.671. The highest BCUT2D eigenvalue weighted by Crippen LogP contribution is 2.23. The first-order chi connectivity index (χ1) is 8.77. The van der Waals surface area contributed by atoms with Crippen LogP contribution in [0.3, 0.4) is 0 Å². The molecular weight excluding hydrogens is 246 g/mol. The molecule has 0 radical (unpaired) electrons. The molecule has 2 nitrogen and oxygen atoms in total. The molecule has 102 valence electrons. The Kier molecular flexibility index (Phi) is 7.86. The number of benzene rings is 1. The fourth-order valence-corrected chi connectivity index (χ4v) is 1.87. The Hall–Kier alpha value is -0.730. The second-order valence-electron chi connectivity index (χ2n) is 4.48. The lowest BCUT2D eigenvalue weighted by molar-refractivity contribution is 0.305. The van der Waals surface area contributed by atoms with Gasteiger partial charge in [-0.15, -0.1) is 0 Å². The maximum absolute atomic E-state index is 6.03. The first-order valence-electron chi connectivity index (χ1n) is 6.89. The molecule has 1 aromatic carbocycles. The third-order valence-corrected chi connectivity index (χ3v) is 3.04. The van der Waals surface area contributed by atoms with Crippen LogP contribution in [0, 0.1) is 0 Å². The van der Waals surface area contributed by atoms with Crippen molar-refractivity contribution in [1.29, 1.82) is 0 Å². The van der Waals surface area contributed by atoms with E-state index in [4.69, 9.17) is 16.3 Å². The van der Waals surface area contributed by atoms with Crippen molar-refractivity contribution >= 4 is 11.6 Å². The molecule has 0 saturated carbocycles. The summed E-state index contributed by atoms with van der Waals surface area (Å²) in [7, 11) is 0. The van der Waals surface area contributed by atoms with Gasteiger partial charge < -0.3 is 10.1 Å². The molecule has 0 aromatic heterocycles. The molecule has 1 N–H and O–H groups in total. The summed E-state index contributed by atoms with van der Waals surface area (Å²) in [6, 6.07) is 5.84. The molecule has 0 saturated heterocycles. The second-order valence-corrected chi connectivity index (χ2v) is 4.92. The van der Waals surface area contributed by atoms with Gasteiger partial charge in [-0.05, 0) is 37.6 Å². The topological polar surface area (TPSA) is 21.3 Å². The zero-order valence-corrected chi connectivity index (χ0v) is 12.2. The highest BCUT2D eigenvalue weighted by atomic mass is 35.5. The normalized spacial score (nSPS) is 10.6. The van der Waals surface area contributed by atoms with Crippen molar-refractivity contribution in [2.24, 2.45) is 0 Å². The largest absolute Gasteiger partial charge is 0.493 e. The number of halogens is 1. The van der Waals surface area contributed by atoms with E-state index >= 15 is 0 Å². The van der Waals surface area contributed by atoms with Gasteiger partial charge in [0.25, 0.3) is 0 Å². The van der Waals surface area contributed by atoms with Gasteiger partial charge in [0.2, 0.25) is 0 Å². The van der Waals surface area contributed by atoms with Gasteiger partial charge in [0, 0.05) is 17.1 Å². The van der Waals surface area contributed by atoms with Gasteiger partial charge in [-0.1, -0.05) is 38.3 Å². The number of ether oxygens (including phenoxy) is 1. The van der Waals surface area contributed by atoms with E-state index in [1.165, 1.54) is 12.8 Å². The van der Waals surface area contributed by atoms with Crippen molar-refractivity contribution < 1.29 is 4.74 Å². The van der Waals surface area contributed by atoms with E-state index in [1.807, 2.05) is 18.2 Å². The average Bonchev–Trinajstić information content (AvgIpc) is 2.37. The summed E-state index contributed by atoms with van der Waals surface area (Å²) in [5.41, 5.74) is 1.15. The zero-order chi connectivity index (χ0) is 13.2. The van der Waals surface area contributed by atoms with Crippen LogP contribution in [0.15, 0.2) is 18.2 Å². The van der Waals surface area contributed by atoms with Crippen molar-refractivity contribution in [3.8, 4) is 5.75 Å². The molecule has 3 heteroatoms. The van der Waals surface area contributed by atoms with Crippen molar-refractivity contribution in [3.05, 3.63) is 28.8 Å². The molecule has 0 aliphatic carbocycles. The Bertz CT molecular complexity index is 341. The van der Waals surface area contributed by atoms with Crippen LogP contribution in [0.2, 0.25) is 5.02 Å². The first-order valence-corrected chi connectivity index (χ1v) is 7.27. The Morgan fingerprint density at radius 2 is 1.94 bits per heavy atom. The van der Waals surface area contributed by atoms with Gasteiger partial charge in [-0.2, -0.15) is 0 Å². The van der Waals surface area contributed by atoms with Crippen LogP contribution in [0.25, 0.3) is 0 Å². The SMILES string of the molecule is CCCCNCc1cc(Cl)ccc1OCCCC. The molecule has 0 spiro atoms. The third kappa shape index (κ3) is 5.74. The summed E-state index contributed by atoms with van der Waals surface area (Å²) in [5.74, 6) is 0.955. The third-order valence-electron chi connectivity index (χ3n) is 2.80. The summed E-state index contributed by atoms with van der Waals surface area (Å²) in [5, 5.41) is 4.19. The van der Waals surface area contributed by atoms with Gasteiger partial charge in [-0.3, -0.25) is 0 Å². The highest BCUT2D eigenvalue weighted by molar-refractivity contribution is 6.30. The lowest BCUT2D eigenvalue weighted by Gasteiger charge is -2.12. The molecule has 0 fully saturated rings. The fourth-order valence-electron chi connectivity index (χ4n) is 1.68. The predicted octanol–water partition coefficient (Wildman–Crippen LogP) is 4.41.